The minimum atomic E-state index is -0.916. The summed E-state index contributed by atoms with van der Waals surface area (Å²) >= 11 is 4.88. The van der Waals surface area contributed by atoms with Crippen molar-refractivity contribution in [2.45, 2.75) is 25.3 Å². The Balaban J connectivity index is 2.05. The average Bonchev–Trinajstić information content (AvgIpc) is 2.81. The summed E-state index contributed by atoms with van der Waals surface area (Å²) in [6.07, 6.45) is 5.46. The van der Waals surface area contributed by atoms with Gasteiger partial charge in [0.1, 0.15) is 6.04 Å². The van der Waals surface area contributed by atoms with Crippen molar-refractivity contribution in [1.82, 2.24) is 4.90 Å². The second kappa shape index (κ2) is 6.34. The van der Waals surface area contributed by atoms with Crippen LogP contribution < -0.4 is 0 Å². The van der Waals surface area contributed by atoms with Gasteiger partial charge < -0.3 is 10.0 Å². The van der Waals surface area contributed by atoms with Crippen molar-refractivity contribution in [3.8, 4) is 0 Å². The summed E-state index contributed by atoms with van der Waals surface area (Å²) in [5.74, 6) is -1.14. The van der Waals surface area contributed by atoms with Crippen LogP contribution in [-0.4, -0.2) is 34.5 Å². The van der Waals surface area contributed by atoms with Crippen LogP contribution in [0.3, 0.4) is 0 Å². The number of carboxylic acids is 1. The molecule has 0 saturated carbocycles. The summed E-state index contributed by atoms with van der Waals surface area (Å²) in [5, 5.41) is 9.12. The van der Waals surface area contributed by atoms with Gasteiger partial charge >= 0.3 is 5.97 Å². The molecule has 1 unspecified atom stereocenters. The van der Waals surface area contributed by atoms with Gasteiger partial charge in [0.15, 0.2) is 0 Å². The Kier molecular flexibility index (Phi) is 4.76. The second-order valence-corrected chi connectivity index (χ2v) is 6.85. The van der Waals surface area contributed by atoms with Crippen LogP contribution >= 0.6 is 27.3 Å². The molecule has 19 heavy (non-hydrogen) atoms. The second-order valence-electron chi connectivity index (χ2n) is 4.36. The molecule has 0 radical (unpaired) electrons. The normalized spacial score (nSPS) is 19.8. The summed E-state index contributed by atoms with van der Waals surface area (Å²) in [7, 11) is 0. The van der Waals surface area contributed by atoms with E-state index in [4.69, 9.17) is 5.11 Å². The molecular weight excluding hydrogens is 330 g/mol. The maximum absolute atomic E-state index is 12.1. The van der Waals surface area contributed by atoms with Gasteiger partial charge in [-0.3, -0.25) is 4.79 Å². The Morgan fingerprint density at radius 3 is 2.84 bits per heavy atom. The highest BCUT2D eigenvalue weighted by molar-refractivity contribution is 9.11. The quantitative estimate of drug-likeness (QED) is 0.858. The van der Waals surface area contributed by atoms with Crippen LogP contribution in [0.25, 0.3) is 6.08 Å². The zero-order chi connectivity index (χ0) is 13.8. The molecule has 1 N–H and O–H groups in total. The van der Waals surface area contributed by atoms with Gasteiger partial charge in [-0.25, -0.2) is 4.79 Å². The molecule has 6 heteroatoms. The fraction of sp³-hybridized carbons (Fsp3) is 0.385. The van der Waals surface area contributed by atoms with Crippen LogP contribution in [0.4, 0.5) is 0 Å². The molecule has 1 aromatic heterocycles. The molecule has 1 amide bonds. The lowest BCUT2D eigenvalue weighted by molar-refractivity contribution is -0.150. The van der Waals surface area contributed by atoms with Gasteiger partial charge in [0.05, 0.1) is 3.79 Å². The van der Waals surface area contributed by atoms with Crippen molar-refractivity contribution >= 4 is 45.2 Å². The summed E-state index contributed by atoms with van der Waals surface area (Å²) in [6, 6.07) is 3.14. The molecule has 1 atom stereocenters. The number of halogens is 1. The number of carbonyl (C=O) groups is 2. The van der Waals surface area contributed by atoms with Gasteiger partial charge in [0.25, 0.3) is 0 Å². The van der Waals surface area contributed by atoms with E-state index in [9.17, 15) is 9.59 Å². The Morgan fingerprint density at radius 2 is 2.21 bits per heavy atom. The number of likely N-dealkylation sites (tertiary alicyclic amines) is 1. The van der Waals surface area contributed by atoms with E-state index < -0.39 is 12.0 Å². The molecule has 0 aliphatic carbocycles. The van der Waals surface area contributed by atoms with Crippen LogP contribution in [0.5, 0.6) is 0 Å². The fourth-order valence-electron chi connectivity index (χ4n) is 2.12. The molecule has 2 rings (SSSR count). The molecule has 0 bridgehead atoms. The number of hydrogen-bond acceptors (Lipinski definition) is 3. The number of thiophene rings is 1. The number of carboxylic acid groups (broad SMARTS) is 1. The number of aliphatic carboxylic acids is 1. The van der Waals surface area contributed by atoms with Crippen molar-refractivity contribution in [3.05, 3.63) is 26.9 Å². The maximum atomic E-state index is 12.1. The Bertz CT molecular complexity index is 512. The van der Waals surface area contributed by atoms with E-state index in [1.807, 2.05) is 12.1 Å². The average molecular weight is 344 g/mol. The lowest BCUT2D eigenvalue weighted by Gasteiger charge is -2.32. The van der Waals surface area contributed by atoms with Crippen LogP contribution in [0.15, 0.2) is 22.0 Å². The van der Waals surface area contributed by atoms with Crippen LogP contribution in [0, 0.1) is 0 Å². The van der Waals surface area contributed by atoms with Crippen molar-refractivity contribution in [2.24, 2.45) is 0 Å². The molecule has 1 fully saturated rings. The summed E-state index contributed by atoms with van der Waals surface area (Å²) in [4.78, 5) is 25.6. The fourth-order valence-corrected chi connectivity index (χ4v) is 3.45. The Labute approximate surface area is 123 Å². The predicted octanol–water partition coefficient (Wildman–Crippen LogP) is 2.99. The molecule has 0 spiro atoms. The highest BCUT2D eigenvalue weighted by atomic mass is 79.9. The largest absolute Gasteiger partial charge is 0.480 e. The van der Waals surface area contributed by atoms with Gasteiger partial charge in [-0.15, -0.1) is 11.3 Å². The van der Waals surface area contributed by atoms with Crippen molar-refractivity contribution in [1.29, 1.82) is 0 Å². The minimum Gasteiger partial charge on any atom is -0.480 e. The van der Waals surface area contributed by atoms with Crippen molar-refractivity contribution < 1.29 is 14.7 Å². The summed E-state index contributed by atoms with van der Waals surface area (Å²) in [5.41, 5.74) is 0. The zero-order valence-electron chi connectivity index (χ0n) is 10.2. The Hall–Kier alpha value is -1.14. The lowest BCUT2D eigenvalue weighted by atomic mass is 10.0. The van der Waals surface area contributed by atoms with Crippen LogP contribution in [0.2, 0.25) is 0 Å². The molecule has 1 saturated heterocycles. The maximum Gasteiger partial charge on any atom is 0.326 e. The van der Waals surface area contributed by atoms with Crippen LogP contribution in [-0.2, 0) is 9.59 Å². The number of nitrogens with zero attached hydrogens (tertiary/aromatic N) is 1. The van der Waals surface area contributed by atoms with Gasteiger partial charge in [-0.1, -0.05) is 0 Å². The van der Waals surface area contributed by atoms with E-state index in [2.05, 4.69) is 15.9 Å². The number of amides is 1. The van der Waals surface area contributed by atoms with Crippen LogP contribution in [0.1, 0.15) is 24.1 Å². The molecular formula is C13H14BrNO3S. The van der Waals surface area contributed by atoms with Crippen molar-refractivity contribution in [2.75, 3.05) is 6.54 Å². The van der Waals surface area contributed by atoms with Gasteiger partial charge in [0, 0.05) is 17.5 Å². The van der Waals surface area contributed by atoms with Gasteiger partial charge in [-0.05, 0) is 53.4 Å². The number of rotatable bonds is 3. The molecule has 1 aliphatic rings. The molecule has 4 nitrogen and oxygen atoms in total. The SMILES string of the molecule is O=C(O)C1CCCCN1C(=O)/C=C/c1ccc(Br)s1. The van der Waals surface area contributed by atoms with Gasteiger partial charge in [0.2, 0.25) is 5.91 Å². The zero-order valence-corrected chi connectivity index (χ0v) is 12.6. The van der Waals surface area contributed by atoms with E-state index in [-0.39, 0.29) is 5.91 Å². The highest BCUT2D eigenvalue weighted by Gasteiger charge is 2.30. The van der Waals surface area contributed by atoms with E-state index in [0.29, 0.717) is 13.0 Å². The van der Waals surface area contributed by atoms with Crippen molar-refractivity contribution in [3.63, 3.8) is 0 Å². The number of hydrogen-bond donors (Lipinski definition) is 1. The predicted molar refractivity (Wildman–Crippen MR) is 78.0 cm³/mol. The van der Waals surface area contributed by atoms with E-state index in [1.54, 1.807) is 6.08 Å². The third-order valence-corrected chi connectivity index (χ3v) is 4.64. The molecule has 1 aromatic rings. The number of piperidine rings is 1. The number of carbonyl (C=O) groups excluding carboxylic acids is 1. The third-order valence-electron chi connectivity index (χ3n) is 3.06. The van der Waals surface area contributed by atoms with E-state index in [1.165, 1.54) is 22.3 Å². The minimum absolute atomic E-state index is 0.225. The van der Waals surface area contributed by atoms with Gasteiger partial charge in [-0.2, -0.15) is 0 Å². The smallest absolute Gasteiger partial charge is 0.326 e. The molecule has 102 valence electrons. The first-order valence-electron chi connectivity index (χ1n) is 6.05. The highest BCUT2D eigenvalue weighted by Crippen LogP contribution is 2.23. The molecule has 0 aromatic carbocycles. The Morgan fingerprint density at radius 1 is 1.42 bits per heavy atom. The topological polar surface area (TPSA) is 57.6 Å². The van der Waals surface area contributed by atoms with E-state index in [0.717, 1.165) is 21.5 Å². The lowest BCUT2D eigenvalue weighted by Crippen LogP contribution is -2.47. The first-order valence-corrected chi connectivity index (χ1v) is 7.65. The third kappa shape index (κ3) is 3.67. The summed E-state index contributed by atoms with van der Waals surface area (Å²) < 4.78 is 1.00. The monoisotopic (exact) mass is 343 g/mol. The van der Waals surface area contributed by atoms with E-state index >= 15 is 0 Å². The molecule has 2 heterocycles. The molecule has 1 aliphatic heterocycles. The summed E-state index contributed by atoms with van der Waals surface area (Å²) in [6.45, 7) is 0.522. The first-order chi connectivity index (χ1) is 9.08. The first kappa shape index (κ1) is 14.3. The standard InChI is InChI=1S/C13H14BrNO3S/c14-11-6-4-9(19-11)5-7-12(16)15-8-2-1-3-10(15)13(17)18/h4-7,10H,1-3,8H2,(H,17,18)/b7-5+.